The molecule has 0 bridgehead atoms. The number of benzene rings is 1. The number of aliphatic carboxylic acids is 1. The molecular weight excluding hydrogens is 338 g/mol. The van der Waals surface area contributed by atoms with Crippen molar-refractivity contribution in [3.63, 3.8) is 0 Å². The predicted molar refractivity (Wildman–Crippen MR) is 94.1 cm³/mol. The van der Waals surface area contributed by atoms with Crippen molar-refractivity contribution in [1.82, 2.24) is 5.32 Å². The molecular formula is C19H25NO6. The first kappa shape index (κ1) is 18.4. The van der Waals surface area contributed by atoms with Crippen molar-refractivity contribution < 1.29 is 28.9 Å². The largest absolute Gasteiger partial charge is 0.493 e. The molecule has 1 aliphatic heterocycles. The number of fused-ring (bicyclic) bond motifs is 1. The van der Waals surface area contributed by atoms with E-state index in [0.717, 1.165) is 19.3 Å². The second kappa shape index (κ2) is 7.43. The standard InChI is InChI=1S/C19H25NO6/c1-3-12-4-6-19(7-5-12,18(22)23)20-17(21)13-10-14(24-2)16-15(11-13)25-8-9-26-16/h10-12H,3-9H2,1-2H3,(H,20,21)(H,22,23). The molecule has 2 aliphatic rings. The zero-order valence-corrected chi connectivity index (χ0v) is 15.2. The predicted octanol–water partition coefficient (Wildman–Crippen LogP) is 2.62. The van der Waals surface area contributed by atoms with Crippen LogP contribution in [-0.4, -0.2) is 42.8 Å². The van der Waals surface area contributed by atoms with Crippen LogP contribution in [0.4, 0.5) is 0 Å². The second-order valence-electron chi connectivity index (χ2n) is 6.90. The summed E-state index contributed by atoms with van der Waals surface area (Å²) >= 11 is 0. The zero-order valence-electron chi connectivity index (χ0n) is 15.2. The third-order valence-electron chi connectivity index (χ3n) is 5.39. The van der Waals surface area contributed by atoms with Crippen LogP contribution in [-0.2, 0) is 4.79 Å². The molecule has 26 heavy (non-hydrogen) atoms. The Morgan fingerprint density at radius 2 is 1.96 bits per heavy atom. The fourth-order valence-corrected chi connectivity index (χ4v) is 3.66. The molecule has 1 aliphatic carbocycles. The van der Waals surface area contributed by atoms with Crippen molar-refractivity contribution in [2.45, 2.75) is 44.6 Å². The fraction of sp³-hybridized carbons (Fsp3) is 0.579. The molecule has 1 aromatic rings. The van der Waals surface area contributed by atoms with Gasteiger partial charge in [0.1, 0.15) is 18.8 Å². The number of hydrogen-bond donors (Lipinski definition) is 2. The first-order valence-corrected chi connectivity index (χ1v) is 9.02. The van der Waals surface area contributed by atoms with E-state index in [-0.39, 0.29) is 0 Å². The van der Waals surface area contributed by atoms with Crippen LogP contribution in [0, 0.1) is 5.92 Å². The summed E-state index contributed by atoms with van der Waals surface area (Å²) in [6.07, 6.45) is 3.51. The third-order valence-corrected chi connectivity index (χ3v) is 5.39. The first-order chi connectivity index (χ1) is 12.5. The number of amides is 1. The van der Waals surface area contributed by atoms with Crippen molar-refractivity contribution >= 4 is 11.9 Å². The van der Waals surface area contributed by atoms with E-state index in [4.69, 9.17) is 14.2 Å². The van der Waals surface area contributed by atoms with E-state index in [1.807, 2.05) is 0 Å². The van der Waals surface area contributed by atoms with Gasteiger partial charge in [-0.25, -0.2) is 4.79 Å². The monoisotopic (exact) mass is 363 g/mol. The fourth-order valence-electron chi connectivity index (χ4n) is 3.66. The molecule has 0 radical (unpaired) electrons. The van der Waals surface area contributed by atoms with Crippen molar-refractivity contribution in [3.8, 4) is 17.2 Å². The molecule has 0 atom stereocenters. The summed E-state index contributed by atoms with van der Waals surface area (Å²) in [5, 5.41) is 12.5. The molecule has 2 N–H and O–H groups in total. The number of rotatable bonds is 5. The van der Waals surface area contributed by atoms with E-state index in [0.29, 0.717) is 54.8 Å². The van der Waals surface area contributed by atoms with Crippen molar-refractivity contribution in [1.29, 1.82) is 0 Å². The Labute approximate surface area is 152 Å². The average molecular weight is 363 g/mol. The summed E-state index contributed by atoms with van der Waals surface area (Å²) < 4.78 is 16.4. The summed E-state index contributed by atoms with van der Waals surface area (Å²) in [6, 6.07) is 3.12. The maximum atomic E-state index is 12.8. The van der Waals surface area contributed by atoms with Crippen molar-refractivity contribution in [2.75, 3.05) is 20.3 Å². The number of ether oxygens (including phenoxy) is 3. The van der Waals surface area contributed by atoms with Gasteiger partial charge in [0, 0.05) is 5.56 Å². The van der Waals surface area contributed by atoms with Gasteiger partial charge in [-0.2, -0.15) is 0 Å². The Balaban J connectivity index is 1.83. The number of methoxy groups -OCH3 is 1. The van der Waals surface area contributed by atoms with Crippen LogP contribution in [0.3, 0.4) is 0 Å². The lowest BCUT2D eigenvalue weighted by atomic mass is 9.75. The molecule has 1 heterocycles. The highest BCUT2D eigenvalue weighted by Gasteiger charge is 2.43. The first-order valence-electron chi connectivity index (χ1n) is 9.02. The van der Waals surface area contributed by atoms with Gasteiger partial charge in [-0.05, 0) is 43.7 Å². The minimum absolute atomic E-state index is 0.296. The summed E-state index contributed by atoms with van der Waals surface area (Å²) in [5.74, 6) is 0.384. The van der Waals surface area contributed by atoms with E-state index < -0.39 is 17.4 Å². The van der Waals surface area contributed by atoms with Crippen LogP contribution >= 0.6 is 0 Å². The van der Waals surface area contributed by atoms with Gasteiger partial charge in [0.05, 0.1) is 7.11 Å². The highest BCUT2D eigenvalue weighted by Crippen LogP contribution is 2.41. The molecule has 142 valence electrons. The lowest BCUT2D eigenvalue weighted by Gasteiger charge is -2.37. The zero-order chi connectivity index (χ0) is 18.7. The Morgan fingerprint density at radius 1 is 1.27 bits per heavy atom. The van der Waals surface area contributed by atoms with Crippen molar-refractivity contribution in [3.05, 3.63) is 17.7 Å². The normalized spacial score (nSPS) is 24.6. The quantitative estimate of drug-likeness (QED) is 0.835. The minimum atomic E-state index is -1.22. The summed E-state index contributed by atoms with van der Waals surface area (Å²) in [7, 11) is 1.49. The topological polar surface area (TPSA) is 94.1 Å². The molecule has 1 amide bonds. The highest BCUT2D eigenvalue weighted by molar-refractivity contribution is 5.99. The van der Waals surface area contributed by atoms with Gasteiger partial charge in [0.25, 0.3) is 5.91 Å². The second-order valence-corrected chi connectivity index (χ2v) is 6.90. The molecule has 7 nitrogen and oxygen atoms in total. The van der Waals surface area contributed by atoms with E-state index >= 15 is 0 Å². The summed E-state index contributed by atoms with van der Waals surface area (Å²) in [6.45, 7) is 2.91. The Hall–Kier alpha value is -2.44. The lowest BCUT2D eigenvalue weighted by Crippen LogP contribution is -2.56. The molecule has 0 spiro atoms. The summed E-state index contributed by atoms with van der Waals surface area (Å²) in [5.41, 5.74) is -0.923. The number of hydrogen-bond acceptors (Lipinski definition) is 5. The van der Waals surface area contributed by atoms with Crippen LogP contribution in [0.2, 0.25) is 0 Å². The summed E-state index contributed by atoms with van der Waals surface area (Å²) in [4.78, 5) is 24.7. The maximum absolute atomic E-state index is 12.8. The van der Waals surface area contributed by atoms with E-state index in [1.165, 1.54) is 7.11 Å². The molecule has 1 aromatic carbocycles. The molecule has 7 heteroatoms. The Bertz CT molecular complexity index is 676. The Morgan fingerprint density at radius 3 is 2.58 bits per heavy atom. The molecule has 0 aromatic heterocycles. The number of carbonyl (C=O) groups is 2. The van der Waals surface area contributed by atoms with Gasteiger partial charge in [-0.1, -0.05) is 13.3 Å². The molecule has 3 rings (SSSR count). The van der Waals surface area contributed by atoms with Crippen molar-refractivity contribution in [2.24, 2.45) is 5.92 Å². The van der Waals surface area contributed by atoms with Crippen LogP contribution in [0.25, 0.3) is 0 Å². The van der Waals surface area contributed by atoms with Crippen LogP contribution in [0.15, 0.2) is 12.1 Å². The van der Waals surface area contributed by atoms with E-state index in [2.05, 4.69) is 12.2 Å². The van der Waals surface area contributed by atoms with Crippen LogP contribution < -0.4 is 19.5 Å². The lowest BCUT2D eigenvalue weighted by molar-refractivity contribution is -0.146. The van der Waals surface area contributed by atoms with Gasteiger partial charge in [-0.15, -0.1) is 0 Å². The molecule has 1 fully saturated rings. The molecule has 0 saturated heterocycles. The molecule has 0 unspecified atom stereocenters. The SMILES string of the molecule is CCC1CCC(NC(=O)c2cc(OC)c3c(c2)OCCO3)(C(=O)O)CC1. The van der Waals surface area contributed by atoms with E-state index in [1.54, 1.807) is 12.1 Å². The maximum Gasteiger partial charge on any atom is 0.329 e. The number of carboxylic acid groups (broad SMARTS) is 1. The van der Waals surface area contributed by atoms with Gasteiger partial charge in [-0.3, -0.25) is 4.79 Å². The van der Waals surface area contributed by atoms with Gasteiger partial charge in [0.15, 0.2) is 11.5 Å². The number of carboxylic acids is 1. The van der Waals surface area contributed by atoms with Gasteiger partial charge < -0.3 is 24.6 Å². The minimum Gasteiger partial charge on any atom is -0.493 e. The van der Waals surface area contributed by atoms with Gasteiger partial charge in [0.2, 0.25) is 5.75 Å². The number of nitrogens with one attached hydrogen (secondary N) is 1. The van der Waals surface area contributed by atoms with E-state index in [9.17, 15) is 14.7 Å². The van der Waals surface area contributed by atoms with Gasteiger partial charge >= 0.3 is 5.97 Å². The average Bonchev–Trinajstić information content (AvgIpc) is 2.67. The van der Waals surface area contributed by atoms with Crippen LogP contribution in [0.5, 0.6) is 17.2 Å². The third kappa shape index (κ3) is 3.43. The smallest absolute Gasteiger partial charge is 0.329 e. The highest BCUT2D eigenvalue weighted by atomic mass is 16.6. The van der Waals surface area contributed by atoms with Crippen LogP contribution in [0.1, 0.15) is 49.4 Å². The number of carbonyl (C=O) groups excluding carboxylic acids is 1. The molecule has 1 saturated carbocycles. The Kier molecular flexibility index (Phi) is 5.25.